The molecule has 5 rings (SSSR count). The lowest BCUT2D eigenvalue weighted by molar-refractivity contribution is 0.0428. The second-order valence-corrected chi connectivity index (χ2v) is 9.82. The number of piperazine rings is 1. The van der Waals surface area contributed by atoms with E-state index in [-0.39, 0.29) is 6.03 Å². The Morgan fingerprint density at radius 3 is 2.03 bits per heavy atom. The van der Waals surface area contributed by atoms with Crippen LogP contribution in [0.3, 0.4) is 0 Å². The maximum atomic E-state index is 12.6. The third-order valence-electron chi connectivity index (χ3n) is 7.22. The summed E-state index contributed by atoms with van der Waals surface area (Å²) in [5.41, 5.74) is 1.20. The van der Waals surface area contributed by atoms with E-state index < -0.39 is 0 Å². The van der Waals surface area contributed by atoms with Crippen LogP contribution in [0.15, 0.2) is 24.3 Å². The summed E-state index contributed by atoms with van der Waals surface area (Å²) in [6.07, 6.45) is 5.16. The number of ether oxygens (including phenoxy) is 3. The van der Waals surface area contributed by atoms with Gasteiger partial charge in [-0.2, -0.15) is 0 Å². The van der Waals surface area contributed by atoms with Crippen LogP contribution in [0.5, 0.6) is 5.75 Å². The van der Waals surface area contributed by atoms with Crippen LogP contribution in [0.2, 0.25) is 0 Å². The van der Waals surface area contributed by atoms with E-state index in [1.807, 2.05) is 9.80 Å². The van der Waals surface area contributed by atoms with Gasteiger partial charge >= 0.3 is 6.03 Å². The highest BCUT2D eigenvalue weighted by Gasteiger charge is 2.26. The molecule has 1 aromatic rings. The number of anilines is 1. The van der Waals surface area contributed by atoms with Gasteiger partial charge in [0.2, 0.25) is 0 Å². The topological polar surface area (TPSA) is 69.8 Å². The number of carbonyl (C=O) groups is 1. The Morgan fingerprint density at radius 1 is 0.778 bits per heavy atom. The van der Waals surface area contributed by atoms with Crippen LogP contribution in [0.1, 0.15) is 25.7 Å². The van der Waals surface area contributed by atoms with Gasteiger partial charge in [-0.05, 0) is 56.6 Å². The maximum absolute atomic E-state index is 12.6. The molecule has 0 spiro atoms. The molecule has 0 aliphatic carbocycles. The molecule has 36 heavy (non-hydrogen) atoms. The molecule has 4 fully saturated rings. The molecule has 0 bridgehead atoms. The highest BCUT2D eigenvalue weighted by Crippen LogP contribution is 2.21. The first kappa shape index (κ1) is 27.0. The quantitative estimate of drug-likeness (QED) is 0.597. The number of urea groups is 1. The molecule has 0 radical (unpaired) electrons. The molecule has 4 saturated heterocycles. The molecule has 2 amide bonds. The van der Waals surface area contributed by atoms with E-state index in [4.69, 9.17) is 14.2 Å². The van der Waals surface area contributed by atoms with Crippen molar-refractivity contribution in [1.29, 1.82) is 0 Å². The lowest BCUT2D eigenvalue weighted by Gasteiger charge is -2.39. The predicted octanol–water partition coefficient (Wildman–Crippen LogP) is 2.12. The molecule has 202 valence electrons. The number of morpholine rings is 2. The summed E-state index contributed by atoms with van der Waals surface area (Å²) in [4.78, 5) is 21.4. The van der Waals surface area contributed by atoms with Crippen molar-refractivity contribution in [2.24, 2.45) is 0 Å². The first-order valence-electron chi connectivity index (χ1n) is 13.9. The van der Waals surface area contributed by atoms with E-state index in [1.165, 1.54) is 38.0 Å². The SMILES string of the molecule is C1COCCN1.O=C(N1CCOCC1)N1CCN(c2ccc(OCCCN3CCCCC3)cc2)CC1. The second kappa shape index (κ2) is 15.2. The fourth-order valence-corrected chi connectivity index (χ4v) is 5.04. The number of nitrogens with zero attached hydrogens (tertiary/aromatic N) is 4. The number of hydrogen-bond acceptors (Lipinski definition) is 7. The maximum Gasteiger partial charge on any atom is 0.320 e. The molecule has 0 unspecified atom stereocenters. The van der Waals surface area contributed by atoms with Gasteiger partial charge in [-0.25, -0.2) is 4.79 Å². The molecule has 4 heterocycles. The lowest BCUT2D eigenvalue weighted by Crippen LogP contribution is -2.54. The molecular weight excluding hydrogens is 458 g/mol. The highest BCUT2D eigenvalue weighted by molar-refractivity contribution is 5.75. The number of nitrogens with one attached hydrogen (secondary N) is 1. The van der Waals surface area contributed by atoms with Gasteiger partial charge in [-0.3, -0.25) is 0 Å². The zero-order valence-corrected chi connectivity index (χ0v) is 21.9. The largest absolute Gasteiger partial charge is 0.494 e. The fraction of sp³-hybridized carbons (Fsp3) is 0.741. The van der Waals surface area contributed by atoms with Gasteiger partial charge in [0.1, 0.15) is 5.75 Å². The van der Waals surface area contributed by atoms with E-state index >= 15 is 0 Å². The molecule has 1 N–H and O–H groups in total. The van der Waals surface area contributed by atoms with Crippen LogP contribution < -0.4 is 15.0 Å². The van der Waals surface area contributed by atoms with E-state index in [0.29, 0.717) is 26.3 Å². The predicted molar refractivity (Wildman–Crippen MR) is 142 cm³/mol. The van der Waals surface area contributed by atoms with Gasteiger partial charge in [0.15, 0.2) is 0 Å². The molecule has 0 atom stereocenters. The van der Waals surface area contributed by atoms with Crippen molar-refractivity contribution in [3.63, 3.8) is 0 Å². The van der Waals surface area contributed by atoms with Crippen molar-refractivity contribution < 1.29 is 19.0 Å². The van der Waals surface area contributed by atoms with Gasteiger partial charge in [0.05, 0.1) is 33.0 Å². The van der Waals surface area contributed by atoms with Gasteiger partial charge in [-0.15, -0.1) is 0 Å². The van der Waals surface area contributed by atoms with E-state index in [1.54, 1.807) is 0 Å². The molecule has 1 aromatic carbocycles. The first-order chi connectivity index (χ1) is 17.8. The fourth-order valence-electron chi connectivity index (χ4n) is 5.04. The van der Waals surface area contributed by atoms with Crippen molar-refractivity contribution in [1.82, 2.24) is 20.0 Å². The average Bonchev–Trinajstić information content (AvgIpc) is 2.98. The van der Waals surface area contributed by atoms with Crippen molar-refractivity contribution in [2.45, 2.75) is 25.7 Å². The summed E-state index contributed by atoms with van der Waals surface area (Å²) in [6.45, 7) is 14.2. The minimum absolute atomic E-state index is 0.159. The van der Waals surface area contributed by atoms with Gasteiger partial charge < -0.3 is 39.1 Å². The Labute approximate surface area is 216 Å². The first-order valence-corrected chi connectivity index (χ1v) is 13.9. The second-order valence-electron chi connectivity index (χ2n) is 9.82. The Hall–Kier alpha value is -2.07. The summed E-state index contributed by atoms with van der Waals surface area (Å²) in [5.74, 6) is 0.943. The van der Waals surface area contributed by atoms with Crippen LogP contribution in [0.4, 0.5) is 10.5 Å². The van der Waals surface area contributed by atoms with Crippen molar-refractivity contribution in [2.75, 3.05) is 110 Å². The summed E-state index contributed by atoms with van der Waals surface area (Å²) >= 11 is 0. The van der Waals surface area contributed by atoms with Gasteiger partial charge in [-0.1, -0.05) is 6.42 Å². The number of likely N-dealkylation sites (tertiary alicyclic amines) is 1. The Balaban J connectivity index is 0.000000445. The van der Waals surface area contributed by atoms with Crippen LogP contribution in [0, 0.1) is 0 Å². The summed E-state index contributed by atoms with van der Waals surface area (Å²) in [5, 5.41) is 3.16. The summed E-state index contributed by atoms with van der Waals surface area (Å²) in [6, 6.07) is 8.58. The summed E-state index contributed by atoms with van der Waals surface area (Å²) < 4.78 is 16.3. The monoisotopic (exact) mass is 503 g/mol. The standard InChI is InChI=1S/C23H36N4O3.C4H9NO/c28-23(27-16-19-29-20-17-27)26-14-12-25(13-15-26)21-5-7-22(8-6-21)30-18-4-11-24-9-2-1-3-10-24;1-3-6-4-2-5-1/h5-8H,1-4,9-20H2;5H,1-4H2. The molecule has 0 aromatic heterocycles. The molecular formula is C27H45N5O4. The smallest absolute Gasteiger partial charge is 0.320 e. The number of carbonyl (C=O) groups excluding carboxylic acids is 1. The van der Waals surface area contributed by atoms with Crippen LogP contribution >= 0.6 is 0 Å². The van der Waals surface area contributed by atoms with Crippen molar-refractivity contribution in [3.05, 3.63) is 24.3 Å². The van der Waals surface area contributed by atoms with Crippen LogP contribution in [0.25, 0.3) is 0 Å². The molecule has 4 aliphatic heterocycles. The van der Waals surface area contributed by atoms with Crippen molar-refractivity contribution in [3.8, 4) is 5.75 Å². The third-order valence-corrected chi connectivity index (χ3v) is 7.22. The van der Waals surface area contributed by atoms with E-state index in [0.717, 1.165) is 77.8 Å². The van der Waals surface area contributed by atoms with Gasteiger partial charge in [0.25, 0.3) is 0 Å². The lowest BCUT2D eigenvalue weighted by atomic mass is 10.1. The number of piperidine rings is 1. The van der Waals surface area contributed by atoms with Crippen molar-refractivity contribution >= 4 is 11.7 Å². The Bertz CT molecular complexity index is 730. The zero-order chi connectivity index (χ0) is 24.8. The van der Waals surface area contributed by atoms with E-state index in [2.05, 4.69) is 39.4 Å². The third kappa shape index (κ3) is 8.80. The number of hydrogen-bond donors (Lipinski definition) is 1. The molecule has 4 aliphatic rings. The summed E-state index contributed by atoms with van der Waals surface area (Å²) in [7, 11) is 0. The number of amides is 2. The average molecular weight is 504 g/mol. The molecule has 9 heteroatoms. The van der Waals surface area contributed by atoms with Gasteiger partial charge in [0, 0.05) is 64.6 Å². The minimum atomic E-state index is 0.159. The van der Waals surface area contributed by atoms with Crippen LogP contribution in [-0.2, 0) is 9.47 Å². The Morgan fingerprint density at radius 2 is 1.42 bits per heavy atom. The highest BCUT2D eigenvalue weighted by atomic mass is 16.5. The van der Waals surface area contributed by atoms with Crippen LogP contribution in [-0.4, -0.2) is 126 Å². The van der Waals surface area contributed by atoms with E-state index in [9.17, 15) is 4.79 Å². The number of rotatable bonds is 6. The minimum Gasteiger partial charge on any atom is -0.494 e. The molecule has 9 nitrogen and oxygen atoms in total. The Kier molecular flexibility index (Phi) is 11.4. The molecule has 0 saturated carbocycles. The number of benzene rings is 1. The normalized spacial score (nSPS) is 21.5. The zero-order valence-electron chi connectivity index (χ0n) is 21.9.